The molecule has 0 aliphatic heterocycles. The van der Waals surface area contributed by atoms with Crippen LogP contribution in [-0.2, 0) is 15.0 Å². The van der Waals surface area contributed by atoms with Crippen molar-refractivity contribution in [1.29, 1.82) is 0 Å². The molecule has 0 N–H and O–H groups in total. The van der Waals surface area contributed by atoms with Gasteiger partial charge in [0.2, 0.25) is 0 Å². The molecule has 0 spiro atoms. The van der Waals surface area contributed by atoms with Crippen LogP contribution in [0.25, 0.3) is 0 Å². The predicted octanol–water partition coefficient (Wildman–Crippen LogP) is 4.54. The molecule has 166 valence electrons. The van der Waals surface area contributed by atoms with Crippen molar-refractivity contribution in [2.24, 2.45) is 0 Å². The third-order valence-corrected chi connectivity index (χ3v) is 5.17. The number of hydrogen-bond donors (Lipinski definition) is 0. The van der Waals surface area contributed by atoms with Gasteiger partial charge in [-0.1, -0.05) is 54.6 Å². The first-order valence-corrected chi connectivity index (χ1v) is 11.8. The van der Waals surface area contributed by atoms with Gasteiger partial charge in [0.25, 0.3) is 0 Å². The van der Waals surface area contributed by atoms with E-state index in [-0.39, 0.29) is 37.7 Å². The standard InChI is InChI=1S/C21H21O4P.Ca.H2O4S/c1-16-10-4-7-13-19(16)23-26(22,24-20-14-8-5-11-17(20)2)25-21-15-9-6-12-18(21)3;;1-5(2,3)4/h4-15H,1-3H3;;(H2,1,2,3,4)/q;+2;/p-2. The van der Waals surface area contributed by atoms with Crippen molar-refractivity contribution in [1.82, 2.24) is 0 Å². The maximum Gasteiger partial charge on any atom is 2.00 e. The van der Waals surface area contributed by atoms with Crippen LogP contribution in [0, 0.1) is 20.8 Å². The Morgan fingerprint density at radius 1 is 0.625 bits per heavy atom. The number of rotatable bonds is 6. The van der Waals surface area contributed by atoms with E-state index in [9.17, 15) is 4.57 Å². The van der Waals surface area contributed by atoms with Crippen molar-refractivity contribution >= 4 is 56.0 Å². The number of aryl methyl sites for hydroxylation is 3. The molecule has 0 saturated heterocycles. The molecule has 0 fully saturated rings. The minimum atomic E-state index is -5.17. The molecule has 0 amide bonds. The molecule has 0 radical (unpaired) electrons. The summed E-state index contributed by atoms with van der Waals surface area (Å²) in [5.41, 5.74) is 2.53. The number of benzene rings is 3. The molecule has 0 unspecified atom stereocenters. The minimum Gasteiger partial charge on any atom is -0.759 e. The van der Waals surface area contributed by atoms with E-state index < -0.39 is 18.2 Å². The van der Waals surface area contributed by atoms with Crippen LogP contribution in [0.4, 0.5) is 0 Å². The zero-order valence-corrected chi connectivity index (χ0v) is 21.7. The molecular weight excluding hydrogens is 483 g/mol. The summed E-state index contributed by atoms with van der Waals surface area (Å²) in [6.45, 7) is 5.63. The largest absolute Gasteiger partial charge is 2.00 e. The summed E-state index contributed by atoms with van der Waals surface area (Å²) in [6, 6.07) is 22.0. The second-order valence-electron chi connectivity index (χ2n) is 6.43. The molecule has 0 aliphatic rings. The molecule has 0 aromatic heterocycles. The Hall–Kier alpha value is -1.58. The van der Waals surface area contributed by atoms with Crippen molar-refractivity contribution in [3.05, 3.63) is 89.5 Å². The summed E-state index contributed by atoms with van der Waals surface area (Å²) in [4.78, 5) is 0. The number of para-hydroxylation sites is 3. The van der Waals surface area contributed by atoms with Crippen LogP contribution in [0.3, 0.4) is 0 Å². The molecule has 11 heteroatoms. The molecule has 0 heterocycles. The SMILES string of the molecule is Cc1ccccc1OP(=O)(Oc1ccccc1C)Oc1ccccc1C.O=S(=O)([O-])[O-].[Ca+2]. The average Bonchev–Trinajstić information content (AvgIpc) is 2.66. The average molecular weight is 505 g/mol. The molecule has 8 nitrogen and oxygen atoms in total. The summed E-state index contributed by atoms with van der Waals surface area (Å²) in [5.74, 6) is 1.37. The maximum atomic E-state index is 13.5. The summed E-state index contributed by atoms with van der Waals surface area (Å²) >= 11 is 0. The van der Waals surface area contributed by atoms with Crippen LogP contribution in [0.2, 0.25) is 0 Å². The van der Waals surface area contributed by atoms with Crippen molar-refractivity contribution in [2.45, 2.75) is 20.8 Å². The Bertz CT molecular complexity index is 1050. The summed E-state index contributed by atoms with van der Waals surface area (Å²) in [6.07, 6.45) is 0. The fourth-order valence-corrected chi connectivity index (χ4v) is 3.84. The predicted molar refractivity (Wildman–Crippen MR) is 119 cm³/mol. The van der Waals surface area contributed by atoms with E-state index in [2.05, 4.69) is 0 Å². The molecule has 0 bridgehead atoms. The second-order valence-corrected chi connectivity index (χ2v) is 8.68. The van der Waals surface area contributed by atoms with E-state index in [1.807, 2.05) is 75.4 Å². The zero-order valence-electron chi connectivity index (χ0n) is 17.8. The Morgan fingerprint density at radius 2 is 0.844 bits per heavy atom. The van der Waals surface area contributed by atoms with Crippen LogP contribution in [0.5, 0.6) is 17.2 Å². The molecular formula is C21H21CaO8PS. The molecule has 0 atom stereocenters. The molecule has 0 aliphatic carbocycles. The fraction of sp³-hybridized carbons (Fsp3) is 0.143. The molecule has 0 saturated carbocycles. The molecule has 3 rings (SSSR count). The van der Waals surface area contributed by atoms with Crippen molar-refractivity contribution in [3.8, 4) is 17.2 Å². The van der Waals surface area contributed by atoms with Gasteiger partial charge in [-0.05, 0) is 55.7 Å². The van der Waals surface area contributed by atoms with Crippen molar-refractivity contribution in [2.75, 3.05) is 0 Å². The van der Waals surface area contributed by atoms with Crippen LogP contribution >= 0.6 is 7.82 Å². The maximum absolute atomic E-state index is 13.5. The molecule has 3 aromatic rings. The van der Waals surface area contributed by atoms with E-state index in [1.54, 1.807) is 18.2 Å². The molecule has 32 heavy (non-hydrogen) atoms. The fourth-order valence-electron chi connectivity index (χ4n) is 2.39. The van der Waals surface area contributed by atoms with Gasteiger partial charge in [0.1, 0.15) is 17.2 Å². The van der Waals surface area contributed by atoms with Gasteiger partial charge in [-0.25, -0.2) is 0 Å². The van der Waals surface area contributed by atoms with E-state index in [0.29, 0.717) is 17.2 Å². The number of hydrogen-bond acceptors (Lipinski definition) is 8. The van der Waals surface area contributed by atoms with Gasteiger partial charge in [0.05, 0.1) is 0 Å². The van der Waals surface area contributed by atoms with Gasteiger partial charge >= 0.3 is 45.6 Å². The summed E-state index contributed by atoms with van der Waals surface area (Å²) in [5, 5.41) is 0. The quantitative estimate of drug-likeness (QED) is 0.207. The summed E-state index contributed by atoms with van der Waals surface area (Å²) < 4.78 is 64.9. The first kappa shape index (κ1) is 28.5. The van der Waals surface area contributed by atoms with Gasteiger partial charge in [0, 0.05) is 10.4 Å². The second kappa shape index (κ2) is 12.6. The van der Waals surface area contributed by atoms with Crippen LogP contribution < -0.4 is 13.6 Å². The normalized spacial score (nSPS) is 10.8. The summed E-state index contributed by atoms with van der Waals surface area (Å²) in [7, 11) is -9.13. The Balaban J connectivity index is 0.000000770. The van der Waals surface area contributed by atoms with E-state index in [1.165, 1.54) is 0 Å². The van der Waals surface area contributed by atoms with E-state index in [0.717, 1.165) is 16.7 Å². The third-order valence-electron chi connectivity index (χ3n) is 3.91. The smallest absolute Gasteiger partial charge is 0.759 e. The topological polar surface area (TPSA) is 125 Å². The number of phosphoric acid groups is 1. The Morgan fingerprint density at radius 3 is 1.06 bits per heavy atom. The third kappa shape index (κ3) is 9.92. The van der Waals surface area contributed by atoms with Crippen LogP contribution in [0.15, 0.2) is 72.8 Å². The van der Waals surface area contributed by atoms with Crippen LogP contribution in [0.1, 0.15) is 16.7 Å². The number of phosphoric ester groups is 1. The first-order chi connectivity index (χ1) is 14.5. The zero-order chi connectivity index (χ0) is 23.1. The van der Waals surface area contributed by atoms with Gasteiger partial charge < -0.3 is 22.7 Å². The monoisotopic (exact) mass is 504 g/mol. The van der Waals surface area contributed by atoms with Crippen LogP contribution in [-0.4, -0.2) is 55.3 Å². The van der Waals surface area contributed by atoms with E-state index in [4.69, 9.17) is 31.1 Å². The Labute approximate surface area is 217 Å². The first-order valence-electron chi connectivity index (χ1n) is 8.99. The van der Waals surface area contributed by atoms with Gasteiger partial charge in [-0.15, -0.1) is 0 Å². The Kier molecular flexibility index (Phi) is 11.2. The van der Waals surface area contributed by atoms with Crippen molar-refractivity contribution < 1.29 is 35.7 Å². The molecule has 3 aromatic carbocycles. The van der Waals surface area contributed by atoms with Gasteiger partial charge in [0.15, 0.2) is 0 Å². The van der Waals surface area contributed by atoms with E-state index >= 15 is 0 Å². The van der Waals surface area contributed by atoms with Gasteiger partial charge in [-0.2, -0.15) is 4.57 Å². The van der Waals surface area contributed by atoms with Gasteiger partial charge in [-0.3, -0.25) is 8.42 Å². The minimum absolute atomic E-state index is 0. The van der Waals surface area contributed by atoms with Crippen molar-refractivity contribution in [3.63, 3.8) is 0 Å².